The molecule has 4 aromatic rings. The van der Waals surface area contributed by atoms with Gasteiger partial charge in [0.2, 0.25) is 11.8 Å². The average Bonchev–Trinajstić information content (AvgIpc) is 3.26. The Labute approximate surface area is 151 Å². The van der Waals surface area contributed by atoms with E-state index in [1.165, 1.54) is 12.1 Å². The maximum atomic E-state index is 12.8. The van der Waals surface area contributed by atoms with Crippen molar-refractivity contribution in [2.75, 3.05) is 0 Å². The molecule has 3 heterocycles. The Kier molecular flexibility index (Phi) is 3.94. The Bertz CT molecular complexity index is 1100. The first-order chi connectivity index (χ1) is 12.8. The molecular formula is C18H14F3N5O. The average molecular weight is 373 g/mol. The molecule has 1 aromatic carbocycles. The first-order valence-electron chi connectivity index (χ1n) is 8.15. The van der Waals surface area contributed by atoms with Crippen LogP contribution in [0.5, 0.6) is 0 Å². The van der Waals surface area contributed by atoms with Crippen LogP contribution in [0.1, 0.15) is 35.9 Å². The van der Waals surface area contributed by atoms with E-state index < -0.39 is 11.7 Å². The first kappa shape index (κ1) is 17.2. The second kappa shape index (κ2) is 6.19. The van der Waals surface area contributed by atoms with Crippen LogP contribution < -0.4 is 0 Å². The van der Waals surface area contributed by atoms with E-state index in [0.717, 1.165) is 17.8 Å². The van der Waals surface area contributed by atoms with Gasteiger partial charge < -0.3 is 4.42 Å². The largest absolute Gasteiger partial charge is 0.425 e. The summed E-state index contributed by atoms with van der Waals surface area (Å²) in [6, 6.07) is 6.72. The van der Waals surface area contributed by atoms with Crippen molar-refractivity contribution in [1.29, 1.82) is 0 Å². The minimum absolute atomic E-state index is 0.225. The van der Waals surface area contributed by atoms with Crippen molar-refractivity contribution in [3.05, 3.63) is 65.8 Å². The minimum atomic E-state index is -4.37. The number of halogens is 3. The number of nitrogens with zero attached hydrogens (tertiary/aromatic N) is 5. The molecule has 0 aliphatic rings. The van der Waals surface area contributed by atoms with E-state index in [4.69, 9.17) is 4.42 Å². The van der Waals surface area contributed by atoms with Gasteiger partial charge >= 0.3 is 6.18 Å². The van der Waals surface area contributed by atoms with E-state index in [-0.39, 0.29) is 5.92 Å². The molecule has 6 nitrogen and oxygen atoms in total. The summed E-state index contributed by atoms with van der Waals surface area (Å²) in [7, 11) is 0. The molecular weight excluding hydrogens is 359 g/mol. The molecule has 4 rings (SSSR count). The molecule has 0 N–H and O–H groups in total. The number of hydrogen-bond donors (Lipinski definition) is 0. The van der Waals surface area contributed by atoms with Gasteiger partial charge in [0.1, 0.15) is 0 Å². The molecule has 0 spiro atoms. The molecule has 0 amide bonds. The van der Waals surface area contributed by atoms with Gasteiger partial charge in [-0.1, -0.05) is 12.1 Å². The summed E-state index contributed by atoms with van der Waals surface area (Å²) in [6.45, 7) is 3.61. The summed E-state index contributed by atoms with van der Waals surface area (Å²) in [6.07, 6.45) is -1.16. The molecule has 138 valence electrons. The fourth-order valence-electron chi connectivity index (χ4n) is 2.89. The van der Waals surface area contributed by atoms with Gasteiger partial charge in [-0.05, 0) is 30.7 Å². The highest BCUT2D eigenvalue weighted by atomic mass is 19.4. The zero-order valence-electron chi connectivity index (χ0n) is 14.4. The normalized spacial score (nSPS) is 13.2. The molecule has 0 aliphatic carbocycles. The zero-order valence-corrected chi connectivity index (χ0v) is 14.4. The van der Waals surface area contributed by atoms with Crippen molar-refractivity contribution >= 4 is 5.65 Å². The summed E-state index contributed by atoms with van der Waals surface area (Å²) >= 11 is 0. The molecule has 0 bridgehead atoms. The molecule has 1 atom stereocenters. The van der Waals surface area contributed by atoms with E-state index in [1.807, 2.05) is 6.92 Å². The Morgan fingerprint density at radius 1 is 1.07 bits per heavy atom. The van der Waals surface area contributed by atoms with E-state index in [2.05, 4.69) is 20.3 Å². The van der Waals surface area contributed by atoms with E-state index >= 15 is 0 Å². The molecule has 1 unspecified atom stereocenters. The molecule has 27 heavy (non-hydrogen) atoms. The maximum Gasteiger partial charge on any atom is 0.416 e. The Hall–Kier alpha value is -3.23. The smallest absolute Gasteiger partial charge is 0.416 e. The summed E-state index contributed by atoms with van der Waals surface area (Å²) in [5.74, 6) is 0.691. The Morgan fingerprint density at radius 2 is 1.81 bits per heavy atom. The van der Waals surface area contributed by atoms with E-state index in [1.54, 1.807) is 29.9 Å². The third kappa shape index (κ3) is 3.05. The molecule has 9 heteroatoms. The van der Waals surface area contributed by atoms with Gasteiger partial charge in [-0.3, -0.25) is 0 Å². The maximum absolute atomic E-state index is 12.8. The number of aromatic nitrogens is 5. The van der Waals surface area contributed by atoms with Crippen LogP contribution in [0.4, 0.5) is 13.2 Å². The Morgan fingerprint density at radius 3 is 2.44 bits per heavy atom. The van der Waals surface area contributed by atoms with Crippen molar-refractivity contribution in [3.63, 3.8) is 0 Å². The fourth-order valence-corrected chi connectivity index (χ4v) is 2.89. The lowest BCUT2D eigenvalue weighted by Gasteiger charge is -2.10. The minimum Gasteiger partial charge on any atom is -0.425 e. The third-order valence-corrected chi connectivity index (χ3v) is 4.31. The predicted octanol–water partition coefficient (Wildman–Crippen LogP) is 4.26. The fraction of sp³-hybridized carbons (Fsp3) is 0.222. The summed E-state index contributed by atoms with van der Waals surface area (Å²) in [4.78, 5) is 4.34. The van der Waals surface area contributed by atoms with Crippen LogP contribution in [0, 0.1) is 6.92 Å². The highest BCUT2D eigenvalue weighted by Gasteiger charge is 2.30. The summed E-state index contributed by atoms with van der Waals surface area (Å²) in [5, 5.41) is 12.2. The van der Waals surface area contributed by atoms with Crippen LogP contribution in [-0.4, -0.2) is 24.8 Å². The van der Waals surface area contributed by atoms with Crippen LogP contribution in [0.3, 0.4) is 0 Å². The molecule has 0 radical (unpaired) electrons. The lowest BCUT2D eigenvalue weighted by molar-refractivity contribution is -0.137. The van der Waals surface area contributed by atoms with Crippen LogP contribution in [0.2, 0.25) is 0 Å². The SMILES string of the molecule is Cc1nnc(C(C)c2ccnc3c(-c4ccc(C(F)(F)F)cc4)cnn23)o1. The highest BCUT2D eigenvalue weighted by molar-refractivity contribution is 5.77. The molecule has 0 saturated heterocycles. The molecule has 3 aromatic heterocycles. The standard InChI is InChI=1S/C18H14F3N5O/c1-10(17-25-24-11(2)27-17)15-7-8-22-16-14(9-23-26(15)16)12-3-5-13(6-4-12)18(19,20)21/h3-10H,1-2H3. The van der Waals surface area contributed by atoms with E-state index in [9.17, 15) is 13.2 Å². The zero-order chi connectivity index (χ0) is 19.2. The number of benzene rings is 1. The number of aryl methyl sites for hydroxylation is 1. The molecule has 0 fully saturated rings. The van der Waals surface area contributed by atoms with Gasteiger partial charge in [0.15, 0.2) is 5.65 Å². The number of rotatable bonds is 3. The van der Waals surface area contributed by atoms with Crippen LogP contribution in [0.15, 0.2) is 47.1 Å². The summed E-state index contributed by atoms with van der Waals surface area (Å²) < 4.78 is 45.4. The van der Waals surface area contributed by atoms with Crippen LogP contribution in [-0.2, 0) is 6.18 Å². The second-order valence-electron chi connectivity index (χ2n) is 6.12. The van der Waals surface area contributed by atoms with Gasteiger partial charge in [-0.2, -0.15) is 18.3 Å². The highest BCUT2D eigenvalue weighted by Crippen LogP contribution is 2.32. The monoisotopic (exact) mass is 373 g/mol. The number of alkyl halides is 3. The van der Waals surface area contributed by atoms with Gasteiger partial charge in [-0.15, -0.1) is 10.2 Å². The van der Waals surface area contributed by atoms with Crippen LogP contribution >= 0.6 is 0 Å². The van der Waals surface area contributed by atoms with Gasteiger partial charge in [0.25, 0.3) is 0 Å². The lowest BCUT2D eigenvalue weighted by Crippen LogP contribution is -2.06. The van der Waals surface area contributed by atoms with Crippen molar-refractivity contribution < 1.29 is 17.6 Å². The molecule has 0 saturated carbocycles. The predicted molar refractivity (Wildman–Crippen MR) is 90.0 cm³/mol. The second-order valence-corrected chi connectivity index (χ2v) is 6.12. The Balaban J connectivity index is 1.76. The van der Waals surface area contributed by atoms with E-state index in [0.29, 0.717) is 28.6 Å². The van der Waals surface area contributed by atoms with Crippen molar-refractivity contribution in [2.24, 2.45) is 0 Å². The lowest BCUT2D eigenvalue weighted by atomic mass is 10.1. The summed E-state index contributed by atoms with van der Waals surface area (Å²) in [5.41, 5.74) is 1.86. The third-order valence-electron chi connectivity index (χ3n) is 4.31. The van der Waals surface area contributed by atoms with Crippen molar-refractivity contribution in [1.82, 2.24) is 24.8 Å². The van der Waals surface area contributed by atoms with Gasteiger partial charge in [0, 0.05) is 18.7 Å². The number of fused-ring (bicyclic) bond motifs is 1. The van der Waals surface area contributed by atoms with Crippen LogP contribution in [0.25, 0.3) is 16.8 Å². The first-order valence-corrected chi connectivity index (χ1v) is 8.15. The van der Waals surface area contributed by atoms with Crippen molar-refractivity contribution in [3.8, 4) is 11.1 Å². The topological polar surface area (TPSA) is 69.1 Å². The number of hydrogen-bond acceptors (Lipinski definition) is 5. The quantitative estimate of drug-likeness (QED) is 0.537. The molecule has 0 aliphatic heterocycles. The van der Waals surface area contributed by atoms with Gasteiger partial charge in [-0.25, -0.2) is 9.50 Å². The van der Waals surface area contributed by atoms with Crippen molar-refractivity contribution in [2.45, 2.75) is 25.9 Å². The van der Waals surface area contributed by atoms with Gasteiger partial charge in [0.05, 0.1) is 23.4 Å².